The molecular formula is C16H27ClN2O4S. The molecule has 0 aliphatic carbocycles. The fourth-order valence-corrected chi connectivity index (χ4v) is 4.88. The molecule has 1 N–H and O–H groups in total. The zero-order valence-electron chi connectivity index (χ0n) is 14.4. The van der Waals surface area contributed by atoms with Gasteiger partial charge in [0, 0.05) is 18.7 Å². The van der Waals surface area contributed by atoms with Gasteiger partial charge in [-0.1, -0.05) is 6.92 Å². The van der Waals surface area contributed by atoms with Gasteiger partial charge in [0.25, 0.3) is 0 Å². The van der Waals surface area contributed by atoms with Crippen LogP contribution in [0.1, 0.15) is 26.2 Å². The molecule has 6 nitrogen and oxygen atoms in total. The molecule has 1 saturated heterocycles. The summed E-state index contributed by atoms with van der Waals surface area (Å²) < 4.78 is 38.6. The van der Waals surface area contributed by atoms with Crippen LogP contribution < -0.4 is 14.8 Å². The monoisotopic (exact) mass is 378 g/mol. The Morgan fingerprint density at radius 1 is 1.21 bits per heavy atom. The quantitative estimate of drug-likeness (QED) is 0.788. The van der Waals surface area contributed by atoms with Gasteiger partial charge in [0.05, 0.1) is 14.2 Å². The maximum atomic E-state index is 13.2. The highest BCUT2D eigenvalue weighted by molar-refractivity contribution is 7.89. The third-order valence-electron chi connectivity index (χ3n) is 4.12. The molecule has 0 bridgehead atoms. The molecule has 0 aromatic heterocycles. The molecule has 0 atom stereocenters. The number of sulfonamides is 1. The van der Waals surface area contributed by atoms with Gasteiger partial charge in [-0.05, 0) is 44.5 Å². The third-order valence-corrected chi connectivity index (χ3v) is 6.09. The third kappa shape index (κ3) is 4.53. The summed E-state index contributed by atoms with van der Waals surface area (Å²) in [7, 11) is -0.633. The normalized spacial score (nSPS) is 15.8. The lowest BCUT2D eigenvalue weighted by molar-refractivity contribution is 0.261. The maximum Gasteiger partial charge on any atom is 0.247 e. The van der Waals surface area contributed by atoms with Gasteiger partial charge in [-0.25, -0.2) is 8.42 Å². The van der Waals surface area contributed by atoms with Crippen molar-refractivity contribution in [2.75, 3.05) is 33.9 Å². The van der Waals surface area contributed by atoms with Crippen molar-refractivity contribution in [1.82, 2.24) is 9.62 Å². The largest absolute Gasteiger partial charge is 0.497 e. The average molecular weight is 379 g/mol. The Kier molecular flexibility index (Phi) is 8.29. The topological polar surface area (TPSA) is 67.9 Å². The molecular weight excluding hydrogens is 352 g/mol. The molecule has 1 heterocycles. The minimum Gasteiger partial charge on any atom is -0.497 e. The molecule has 1 aromatic carbocycles. The summed E-state index contributed by atoms with van der Waals surface area (Å²) in [5.41, 5.74) is 0. The summed E-state index contributed by atoms with van der Waals surface area (Å²) in [6.07, 6.45) is 2.42. The van der Waals surface area contributed by atoms with Gasteiger partial charge < -0.3 is 14.8 Å². The highest BCUT2D eigenvalue weighted by Gasteiger charge is 2.33. The van der Waals surface area contributed by atoms with Crippen molar-refractivity contribution in [2.45, 2.75) is 37.1 Å². The standard InChI is InChI=1S/C16H26N2O4S.ClH/c1-4-11-18(13-7-9-17-10-8-13)23(19,20)16-12-14(21-2)5-6-15(16)22-3;/h5-6,12-13,17H,4,7-11H2,1-3H3;1H. The van der Waals surface area contributed by atoms with Crippen LogP contribution in [0, 0.1) is 0 Å². The zero-order valence-corrected chi connectivity index (χ0v) is 16.1. The van der Waals surface area contributed by atoms with Crippen LogP contribution in [0.5, 0.6) is 11.5 Å². The van der Waals surface area contributed by atoms with E-state index in [2.05, 4.69) is 5.32 Å². The molecule has 1 fully saturated rings. The van der Waals surface area contributed by atoms with Crippen LogP contribution >= 0.6 is 12.4 Å². The number of hydrogen-bond acceptors (Lipinski definition) is 5. The highest BCUT2D eigenvalue weighted by atomic mass is 35.5. The van der Waals surface area contributed by atoms with E-state index in [9.17, 15) is 8.42 Å². The number of nitrogens with one attached hydrogen (secondary N) is 1. The Bertz CT molecular complexity index is 619. The van der Waals surface area contributed by atoms with E-state index in [1.54, 1.807) is 16.4 Å². The summed E-state index contributed by atoms with van der Waals surface area (Å²) in [6.45, 7) is 4.19. The lowest BCUT2D eigenvalue weighted by Crippen LogP contribution is -2.46. The van der Waals surface area contributed by atoms with Gasteiger partial charge >= 0.3 is 0 Å². The molecule has 0 radical (unpaired) electrons. The Morgan fingerprint density at radius 2 is 1.88 bits per heavy atom. The number of nitrogens with zero attached hydrogens (tertiary/aromatic N) is 1. The fourth-order valence-electron chi connectivity index (χ4n) is 2.93. The number of benzene rings is 1. The van der Waals surface area contributed by atoms with E-state index < -0.39 is 10.0 Å². The summed E-state index contributed by atoms with van der Waals surface area (Å²) in [5, 5.41) is 3.28. The lowest BCUT2D eigenvalue weighted by atomic mass is 10.1. The maximum absolute atomic E-state index is 13.2. The number of hydrogen-bond donors (Lipinski definition) is 1. The smallest absolute Gasteiger partial charge is 0.247 e. The van der Waals surface area contributed by atoms with Crippen molar-refractivity contribution in [3.63, 3.8) is 0 Å². The Labute approximate surface area is 151 Å². The zero-order chi connectivity index (χ0) is 16.9. The van der Waals surface area contributed by atoms with Gasteiger partial charge in [0.1, 0.15) is 16.4 Å². The summed E-state index contributed by atoms with van der Waals surface area (Å²) >= 11 is 0. The van der Waals surface area contributed by atoms with Crippen LogP contribution in [0.15, 0.2) is 23.1 Å². The van der Waals surface area contributed by atoms with E-state index in [1.165, 1.54) is 20.3 Å². The van der Waals surface area contributed by atoms with Crippen LogP contribution in [0.2, 0.25) is 0 Å². The Balaban J connectivity index is 0.00000288. The molecule has 2 rings (SSSR count). The number of ether oxygens (including phenoxy) is 2. The van der Waals surface area contributed by atoms with E-state index in [1.807, 2.05) is 6.92 Å². The first-order chi connectivity index (χ1) is 11.0. The second kappa shape index (κ2) is 9.46. The number of methoxy groups -OCH3 is 2. The van der Waals surface area contributed by atoms with Gasteiger partial charge in [0.15, 0.2) is 0 Å². The predicted octanol–water partition coefficient (Wildman–Crippen LogP) is 2.28. The van der Waals surface area contributed by atoms with Crippen molar-refractivity contribution in [2.24, 2.45) is 0 Å². The van der Waals surface area contributed by atoms with E-state index in [0.29, 0.717) is 18.0 Å². The number of rotatable bonds is 7. The highest BCUT2D eigenvalue weighted by Crippen LogP contribution is 2.32. The SMILES string of the molecule is CCCN(C1CCNCC1)S(=O)(=O)c1cc(OC)ccc1OC.Cl. The van der Waals surface area contributed by atoms with Crippen LogP contribution in [0.4, 0.5) is 0 Å². The minimum atomic E-state index is -3.64. The van der Waals surface area contributed by atoms with Crippen molar-refractivity contribution < 1.29 is 17.9 Å². The van der Waals surface area contributed by atoms with Crippen molar-refractivity contribution >= 4 is 22.4 Å². The first-order valence-corrected chi connectivity index (χ1v) is 9.43. The van der Waals surface area contributed by atoms with Crippen LogP contribution in [-0.4, -0.2) is 52.6 Å². The first kappa shape index (κ1) is 21.0. The molecule has 1 aromatic rings. The Morgan fingerprint density at radius 3 is 2.42 bits per heavy atom. The van der Waals surface area contributed by atoms with Crippen molar-refractivity contribution in [3.8, 4) is 11.5 Å². The number of halogens is 1. The van der Waals surface area contributed by atoms with Crippen LogP contribution in [-0.2, 0) is 10.0 Å². The molecule has 0 amide bonds. The summed E-state index contributed by atoms with van der Waals surface area (Å²) in [4.78, 5) is 0.173. The summed E-state index contributed by atoms with van der Waals surface area (Å²) in [6, 6.07) is 4.90. The molecule has 24 heavy (non-hydrogen) atoms. The fraction of sp³-hybridized carbons (Fsp3) is 0.625. The van der Waals surface area contributed by atoms with E-state index in [4.69, 9.17) is 9.47 Å². The van der Waals surface area contributed by atoms with Gasteiger partial charge in [-0.15, -0.1) is 12.4 Å². The molecule has 0 spiro atoms. The predicted molar refractivity (Wildman–Crippen MR) is 96.9 cm³/mol. The van der Waals surface area contributed by atoms with Crippen LogP contribution in [0.25, 0.3) is 0 Å². The van der Waals surface area contributed by atoms with Crippen LogP contribution in [0.3, 0.4) is 0 Å². The molecule has 1 aliphatic heterocycles. The second-order valence-electron chi connectivity index (χ2n) is 5.61. The lowest BCUT2D eigenvalue weighted by Gasteiger charge is -2.33. The molecule has 138 valence electrons. The Hall–Kier alpha value is -1.02. The molecule has 0 saturated carbocycles. The average Bonchev–Trinajstić information content (AvgIpc) is 2.59. The van der Waals surface area contributed by atoms with Gasteiger partial charge in [0.2, 0.25) is 10.0 Å². The summed E-state index contributed by atoms with van der Waals surface area (Å²) in [5.74, 6) is 0.854. The van der Waals surface area contributed by atoms with Crippen molar-refractivity contribution in [3.05, 3.63) is 18.2 Å². The molecule has 1 aliphatic rings. The van der Waals surface area contributed by atoms with Gasteiger partial charge in [-0.2, -0.15) is 4.31 Å². The van der Waals surface area contributed by atoms with E-state index in [0.717, 1.165) is 32.4 Å². The van der Waals surface area contributed by atoms with Gasteiger partial charge in [-0.3, -0.25) is 0 Å². The van der Waals surface area contributed by atoms with Crippen molar-refractivity contribution in [1.29, 1.82) is 0 Å². The number of piperidine rings is 1. The first-order valence-electron chi connectivity index (χ1n) is 7.99. The molecule has 8 heteroatoms. The van der Waals surface area contributed by atoms with E-state index >= 15 is 0 Å². The molecule has 0 unspecified atom stereocenters. The second-order valence-corrected chi connectivity index (χ2v) is 7.47. The van der Waals surface area contributed by atoms with E-state index in [-0.39, 0.29) is 23.3 Å². The minimum absolute atomic E-state index is 0.